The number of nitrogens with two attached hydrogens (primary N) is 1. The maximum absolute atomic E-state index is 5.77. The summed E-state index contributed by atoms with van der Waals surface area (Å²) in [6.07, 6.45) is 12.9. The molecule has 0 unspecified atom stereocenters. The molecule has 1 nitrogen and oxygen atoms in total. The third-order valence-electron chi connectivity index (χ3n) is 1.66. The minimum Gasteiger partial charge on any atom is -0.399 e. The number of rotatable bonds is 1. The van der Waals surface area contributed by atoms with Gasteiger partial charge in [-0.1, -0.05) is 37.3 Å². The second-order valence-corrected chi connectivity index (χ2v) is 2.44. The zero-order valence-corrected chi connectivity index (χ0v) is 6.75. The van der Waals surface area contributed by atoms with Gasteiger partial charge in [-0.3, -0.25) is 0 Å². The van der Waals surface area contributed by atoms with Gasteiger partial charge in [0, 0.05) is 5.70 Å². The van der Waals surface area contributed by atoms with Crippen molar-refractivity contribution in [1.82, 2.24) is 0 Å². The minimum absolute atomic E-state index is 0.869. The minimum atomic E-state index is 0.869. The summed E-state index contributed by atoms with van der Waals surface area (Å²) in [5, 5.41) is 0. The zero-order chi connectivity index (χ0) is 8.10. The normalized spacial score (nSPS) is 22.6. The third-order valence-corrected chi connectivity index (χ3v) is 1.66. The van der Waals surface area contributed by atoms with E-state index in [-0.39, 0.29) is 0 Å². The molecule has 0 radical (unpaired) electrons. The zero-order valence-electron chi connectivity index (χ0n) is 6.75. The lowest BCUT2D eigenvalue weighted by Crippen LogP contribution is -2.00. The lowest BCUT2D eigenvalue weighted by atomic mass is 10.1. The maximum atomic E-state index is 5.77. The fourth-order valence-corrected chi connectivity index (χ4v) is 0.984. The van der Waals surface area contributed by atoms with Crippen LogP contribution in [0.5, 0.6) is 0 Å². The van der Waals surface area contributed by atoms with E-state index in [0.29, 0.717) is 0 Å². The van der Waals surface area contributed by atoms with E-state index in [1.165, 1.54) is 5.57 Å². The molecule has 0 bridgehead atoms. The maximum Gasteiger partial charge on any atom is 0.0346 e. The highest BCUT2D eigenvalue weighted by atomic mass is 14.6. The largest absolute Gasteiger partial charge is 0.399 e. The van der Waals surface area contributed by atoms with Gasteiger partial charge < -0.3 is 5.73 Å². The van der Waals surface area contributed by atoms with Gasteiger partial charge in [-0.05, 0) is 18.1 Å². The number of allylic oxidation sites excluding steroid dienone is 7. The molecule has 0 heterocycles. The van der Waals surface area contributed by atoms with Crippen molar-refractivity contribution in [1.29, 1.82) is 0 Å². The van der Waals surface area contributed by atoms with E-state index in [2.05, 4.69) is 13.0 Å². The van der Waals surface area contributed by atoms with E-state index >= 15 is 0 Å². The first-order valence-electron chi connectivity index (χ1n) is 3.84. The van der Waals surface area contributed by atoms with Crippen LogP contribution in [0.25, 0.3) is 0 Å². The van der Waals surface area contributed by atoms with Crippen LogP contribution < -0.4 is 5.73 Å². The Kier molecular flexibility index (Phi) is 2.73. The van der Waals surface area contributed by atoms with Crippen LogP contribution in [0, 0.1) is 0 Å². The third kappa shape index (κ3) is 2.11. The van der Waals surface area contributed by atoms with Gasteiger partial charge in [0.2, 0.25) is 0 Å². The van der Waals surface area contributed by atoms with Gasteiger partial charge in [-0.15, -0.1) is 0 Å². The van der Waals surface area contributed by atoms with Crippen molar-refractivity contribution in [3.8, 4) is 0 Å². The van der Waals surface area contributed by atoms with Crippen molar-refractivity contribution in [2.24, 2.45) is 5.73 Å². The van der Waals surface area contributed by atoms with Crippen LogP contribution in [0.3, 0.4) is 0 Å². The van der Waals surface area contributed by atoms with Crippen molar-refractivity contribution in [3.05, 3.63) is 47.7 Å². The molecule has 0 saturated carbocycles. The van der Waals surface area contributed by atoms with Crippen LogP contribution in [0.15, 0.2) is 47.7 Å². The molecule has 2 N–H and O–H groups in total. The molecule has 0 fully saturated rings. The fourth-order valence-electron chi connectivity index (χ4n) is 0.984. The average Bonchev–Trinajstić information content (AvgIpc) is 1.98. The van der Waals surface area contributed by atoms with E-state index in [9.17, 15) is 0 Å². The highest BCUT2D eigenvalue weighted by Gasteiger charge is 1.95. The smallest absolute Gasteiger partial charge is 0.0346 e. The predicted octanol–water partition coefficient (Wildman–Crippen LogP) is 2.29. The van der Waals surface area contributed by atoms with Gasteiger partial charge in [-0.25, -0.2) is 0 Å². The first kappa shape index (κ1) is 7.86. The van der Waals surface area contributed by atoms with E-state index in [1.54, 1.807) is 0 Å². The second-order valence-electron chi connectivity index (χ2n) is 2.44. The Labute approximate surface area is 67.6 Å². The summed E-state index contributed by atoms with van der Waals surface area (Å²) in [4.78, 5) is 0. The average molecular weight is 147 g/mol. The van der Waals surface area contributed by atoms with Crippen LogP contribution in [0.2, 0.25) is 0 Å². The summed E-state index contributed by atoms with van der Waals surface area (Å²) in [6.45, 7) is 2.10. The van der Waals surface area contributed by atoms with Gasteiger partial charge in [-0.2, -0.15) is 0 Å². The van der Waals surface area contributed by atoms with Crippen LogP contribution in [0.4, 0.5) is 0 Å². The molecule has 1 rings (SSSR count). The predicted molar refractivity (Wildman–Crippen MR) is 48.9 cm³/mol. The highest BCUT2D eigenvalue weighted by molar-refractivity contribution is 5.36. The first-order chi connectivity index (χ1) is 5.34. The molecule has 58 valence electrons. The molecule has 0 aromatic heterocycles. The molecule has 11 heavy (non-hydrogen) atoms. The summed E-state index contributed by atoms with van der Waals surface area (Å²) in [5.41, 5.74) is 7.83. The van der Waals surface area contributed by atoms with Crippen LogP contribution in [-0.2, 0) is 0 Å². The summed E-state index contributed by atoms with van der Waals surface area (Å²) in [6, 6.07) is 0. The molecule has 1 heteroatoms. The van der Waals surface area contributed by atoms with E-state index in [4.69, 9.17) is 5.73 Å². The quantitative estimate of drug-likeness (QED) is 0.605. The van der Waals surface area contributed by atoms with Gasteiger partial charge in [0.25, 0.3) is 0 Å². The summed E-state index contributed by atoms with van der Waals surface area (Å²) >= 11 is 0. The van der Waals surface area contributed by atoms with Crippen molar-refractivity contribution >= 4 is 0 Å². The molecule has 0 aromatic carbocycles. The first-order valence-corrected chi connectivity index (χ1v) is 3.84. The second kappa shape index (κ2) is 3.81. The lowest BCUT2D eigenvalue weighted by molar-refractivity contribution is 1.09. The van der Waals surface area contributed by atoms with Crippen molar-refractivity contribution < 1.29 is 0 Å². The Morgan fingerprint density at radius 1 is 1.09 bits per heavy atom. The van der Waals surface area contributed by atoms with Crippen LogP contribution in [0.1, 0.15) is 13.3 Å². The molecule has 0 aromatic rings. The van der Waals surface area contributed by atoms with Gasteiger partial charge in [0.15, 0.2) is 0 Å². The van der Waals surface area contributed by atoms with E-state index in [0.717, 1.165) is 12.1 Å². The molecule has 0 amide bonds. The summed E-state index contributed by atoms with van der Waals surface area (Å²) in [5.74, 6) is 0. The molecule has 1 aliphatic rings. The van der Waals surface area contributed by atoms with Crippen molar-refractivity contribution in [3.63, 3.8) is 0 Å². The topological polar surface area (TPSA) is 26.0 Å². The monoisotopic (exact) mass is 147 g/mol. The summed E-state index contributed by atoms with van der Waals surface area (Å²) in [7, 11) is 0. The fraction of sp³-hybridized carbons (Fsp3) is 0.200. The van der Waals surface area contributed by atoms with Gasteiger partial charge in [0.1, 0.15) is 0 Å². The molecular formula is C10H13N. The van der Waals surface area contributed by atoms with Gasteiger partial charge >= 0.3 is 0 Å². The summed E-state index contributed by atoms with van der Waals surface area (Å²) < 4.78 is 0. The SMILES string of the molecule is CCC1=C/C=C\C=C/C=C1N. The lowest BCUT2D eigenvalue weighted by Gasteiger charge is -2.03. The van der Waals surface area contributed by atoms with Crippen LogP contribution >= 0.6 is 0 Å². The van der Waals surface area contributed by atoms with Gasteiger partial charge in [0.05, 0.1) is 0 Å². The molecule has 1 aliphatic carbocycles. The van der Waals surface area contributed by atoms with Crippen LogP contribution in [-0.4, -0.2) is 0 Å². The molecule has 0 atom stereocenters. The molecule has 0 spiro atoms. The Hall–Kier alpha value is -1.24. The van der Waals surface area contributed by atoms with E-state index < -0.39 is 0 Å². The Morgan fingerprint density at radius 3 is 2.36 bits per heavy atom. The van der Waals surface area contributed by atoms with Crippen molar-refractivity contribution in [2.75, 3.05) is 0 Å². The Balaban J connectivity index is 2.89. The Morgan fingerprint density at radius 2 is 1.73 bits per heavy atom. The van der Waals surface area contributed by atoms with Crippen molar-refractivity contribution in [2.45, 2.75) is 13.3 Å². The molecule has 0 aliphatic heterocycles. The number of hydrogen-bond donors (Lipinski definition) is 1. The van der Waals surface area contributed by atoms with E-state index in [1.807, 2.05) is 30.4 Å². The molecule has 0 saturated heterocycles. The standard InChI is InChI=1S/C10H13N/c1-2-9-7-5-3-4-6-8-10(9)11/h3-8H,2,11H2,1H3/b4-3?,5-3-,6-4-,7-5?,8-6?,9-7?,10-8?,10-9?. The molecular weight excluding hydrogens is 134 g/mol. The highest BCUT2D eigenvalue weighted by Crippen LogP contribution is 2.10. The Bertz CT molecular complexity index is 242. The number of hydrogen-bond acceptors (Lipinski definition) is 1.